The number of nitrogens with one attached hydrogen (secondary N) is 1. The number of anilines is 2. The third-order valence-electron chi connectivity index (χ3n) is 3.30. The van der Waals surface area contributed by atoms with Crippen molar-refractivity contribution in [3.8, 4) is 0 Å². The normalized spacial score (nSPS) is 21.1. The SMILES string of the molecule is CCNc1nc(C)cc(N2CCN(C)CC2C)n1. The van der Waals surface area contributed by atoms with E-state index in [2.05, 4.69) is 52.0 Å². The zero-order valence-electron chi connectivity index (χ0n) is 11.8. The summed E-state index contributed by atoms with van der Waals surface area (Å²) in [6.07, 6.45) is 0. The highest BCUT2D eigenvalue weighted by Gasteiger charge is 2.23. The maximum atomic E-state index is 4.61. The summed E-state index contributed by atoms with van der Waals surface area (Å²) in [5.41, 5.74) is 1.02. The summed E-state index contributed by atoms with van der Waals surface area (Å²) in [7, 11) is 2.17. The van der Waals surface area contributed by atoms with Gasteiger partial charge in [0, 0.05) is 44.0 Å². The Morgan fingerprint density at radius 2 is 2.17 bits per heavy atom. The molecule has 1 aliphatic rings. The standard InChI is InChI=1S/C13H23N5/c1-5-14-13-15-10(2)8-12(16-13)18-7-6-17(4)9-11(18)3/h8,11H,5-7,9H2,1-4H3,(H,14,15,16). The lowest BCUT2D eigenvalue weighted by Crippen LogP contribution is -2.50. The highest BCUT2D eigenvalue weighted by molar-refractivity contribution is 5.46. The Balaban J connectivity index is 2.21. The zero-order chi connectivity index (χ0) is 13.1. The number of aromatic nitrogens is 2. The molecule has 0 aromatic carbocycles. The van der Waals surface area contributed by atoms with Crippen LogP contribution in [0.15, 0.2) is 6.07 Å². The fraction of sp³-hybridized carbons (Fsp3) is 0.692. The van der Waals surface area contributed by atoms with Crippen LogP contribution in [0.1, 0.15) is 19.5 Å². The van der Waals surface area contributed by atoms with E-state index in [0.717, 1.165) is 43.6 Å². The van der Waals surface area contributed by atoms with E-state index in [-0.39, 0.29) is 0 Å². The first-order valence-corrected chi connectivity index (χ1v) is 6.65. The van der Waals surface area contributed by atoms with Gasteiger partial charge in [-0.05, 0) is 27.8 Å². The van der Waals surface area contributed by atoms with E-state index >= 15 is 0 Å². The van der Waals surface area contributed by atoms with Crippen LogP contribution < -0.4 is 10.2 Å². The molecule has 1 unspecified atom stereocenters. The molecule has 1 fully saturated rings. The molecule has 100 valence electrons. The molecule has 0 radical (unpaired) electrons. The molecule has 2 rings (SSSR count). The van der Waals surface area contributed by atoms with Gasteiger partial charge in [0.05, 0.1) is 0 Å². The number of likely N-dealkylation sites (N-methyl/N-ethyl adjacent to an activating group) is 1. The van der Waals surface area contributed by atoms with Crippen LogP contribution >= 0.6 is 0 Å². The van der Waals surface area contributed by atoms with Crippen molar-refractivity contribution in [2.45, 2.75) is 26.8 Å². The van der Waals surface area contributed by atoms with E-state index in [0.29, 0.717) is 6.04 Å². The first kappa shape index (κ1) is 13.1. The number of nitrogens with zero attached hydrogens (tertiary/aromatic N) is 4. The Morgan fingerprint density at radius 3 is 2.83 bits per heavy atom. The van der Waals surface area contributed by atoms with E-state index in [1.807, 2.05) is 6.92 Å². The molecule has 1 saturated heterocycles. The first-order valence-electron chi connectivity index (χ1n) is 6.65. The summed E-state index contributed by atoms with van der Waals surface area (Å²) in [6, 6.07) is 2.57. The van der Waals surface area contributed by atoms with Gasteiger partial charge in [-0.1, -0.05) is 0 Å². The molecule has 1 atom stereocenters. The smallest absolute Gasteiger partial charge is 0.224 e. The fourth-order valence-corrected chi connectivity index (χ4v) is 2.42. The van der Waals surface area contributed by atoms with Gasteiger partial charge in [-0.3, -0.25) is 0 Å². The lowest BCUT2D eigenvalue weighted by atomic mass is 10.2. The Labute approximate surface area is 109 Å². The van der Waals surface area contributed by atoms with E-state index in [9.17, 15) is 0 Å². The lowest BCUT2D eigenvalue weighted by Gasteiger charge is -2.39. The van der Waals surface area contributed by atoms with Crippen molar-refractivity contribution in [1.29, 1.82) is 0 Å². The van der Waals surface area contributed by atoms with Gasteiger partial charge in [0.25, 0.3) is 0 Å². The quantitative estimate of drug-likeness (QED) is 0.876. The van der Waals surface area contributed by atoms with Gasteiger partial charge in [-0.15, -0.1) is 0 Å². The first-order chi connectivity index (χ1) is 8.60. The number of piperazine rings is 1. The summed E-state index contributed by atoms with van der Waals surface area (Å²) in [5, 5.41) is 3.19. The minimum Gasteiger partial charge on any atom is -0.354 e. The maximum absolute atomic E-state index is 4.61. The van der Waals surface area contributed by atoms with Gasteiger partial charge in [0.15, 0.2) is 0 Å². The number of rotatable bonds is 3. The number of hydrogen-bond acceptors (Lipinski definition) is 5. The number of hydrogen-bond donors (Lipinski definition) is 1. The largest absolute Gasteiger partial charge is 0.354 e. The van der Waals surface area contributed by atoms with Gasteiger partial charge < -0.3 is 15.1 Å². The van der Waals surface area contributed by atoms with Crippen LogP contribution in [0.4, 0.5) is 11.8 Å². The maximum Gasteiger partial charge on any atom is 0.224 e. The Hall–Kier alpha value is -1.36. The second-order valence-corrected chi connectivity index (χ2v) is 5.03. The van der Waals surface area contributed by atoms with Crippen LogP contribution in [0, 0.1) is 6.92 Å². The summed E-state index contributed by atoms with van der Waals surface area (Å²) in [4.78, 5) is 13.7. The predicted octanol–water partition coefficient (Wildman–Crippen LogP) is 1.36. The van der Waals surface area contributed by atoms with Gasteiger partial charge in [-0.2, -0.15) is 4.98 Å². The van der Waals surface area contributed by atoms with Crippen LogP contribution in [-0.2, 0) is 0 Å². The van der Waals surface area contributed by atoms with Gasteiger partial charge >= 0.3 is 0 Å². The van der Waals surface area contributed by atoms with Crippen LogP contribution in [0.25, 0.3) is 0 Å². The van der Waals surface area contributed by atoms with E-state index in [1.54, 1.807) is 0 Å². The minimum absolute atomic E-state index is 0.493. The number of aryl methyl sites for hydroxylation is 1. The second kappa shape index (κ2) is 5.52. The van der Waals surface area contributed by atoms with Gasteiger partial charge in [0.2, 0.25) is 5.95 Å². The monoisotopic (exact) mass is 249 g/mol. The van der Waals surface area contributed by atoms with Crippen molar-refractivity contribution in [1.82, 2.24) is 14.9 Å². The Bertz CT molecular complexity index is 406. The molecule has 0 saturated carbocycles. The molecule has 0 bridgehead atoms. The van der Waals surface area contributed by atoms with E-state index in [4.69, 9.17) is 0 Å². The van der Waals surface area contributed by atoms with Crippen molar-refractivity contribution < 1.29 is 0 Å². The van der Waals surface area contributed by atoms with Crippen LogP contribution in [0.3, 0.4) is 0 Å². The molecule has 2 heterocycles. The molecule has 0 spiro atoms. The molecule has 1 aliphatic heterocycles. The molecule has 0 amide bonds. The molecular weight excluding hydrogens is 226 g/mol. The molecule has 1 aromatic heterocycles. The molecule has 5 heteroatoms. The van der Waals surface area contributed by atoms with E-state index < -0.39 is 0 Å². The van der Waals surface area contributed by atoms with Crippen molar-refractivity contribution >= 4 is 11.8 Å². The van der Waals surface area contributed by atoms with Gasteiger partial charge in [-0.25, -0.2) is 4.98 Å². The Kier molecular flexibility index (Phi) is 4.01. The van der Waals surface area contributed by atoms with E-state index in [1.165, 1.54) is 0 Å². The molecule has 18 heavy (non-hydrogen) atoms. The topological polar surface area (TPSA) is 44.3 Å². The molecule has 1 aromatic rings. The molecular formula is C13H23N5. The third-order valence-corrected chi connectivity index (χ3v) is 3.30. The van der Waals surface area contributed by atoms with Gasteiger partial charge in [0.1, 0.15) is 5.82 Å². The zero-order valence-corrected chi connectivity index (χ0v) is 11.8. The second-order valence-electron chi connectivity index (χ2n) is 5.03. The lowest BCUT2D eigenvalue weighted by molar-refractivity contribution is 0.274. The highest BCUT2D eigenvalue weighted by atomic mass is 15.3. The van der Waals surface area contributed by atoms with Crippen molar-refractivity contribution in [2.24, 2.45) is 0 Å². The average molecular weight is 249 g/mol. The summed E-state index contributed by atoms with van der Waals surface area (Å²) >= 11 is 0. The summed E-state index contributed by atoms with van der Waals surface area (Å²) in [5.74, 6) is 1.78. The minimum atomic E-state index is 0.493. The molecule has 0 aliphatic carbocycles. The molecule has 1 N–H and O–H groups in total. The highest BCUT2D eigenvalue weighted by Crippen LogP contribution is 2.20. The van der Waals surface area contributed by atoms with Crippen LogP contribution in [0.5, 0.6) is 0 Å². The summed E-state index contributed by atoms with van der Waals surface area (Å²) < 4.78 is 0. The predicted molar refractivity (Wildman–Crippen MR) is 75.2 cm³/mol. The third kappa shape index (κ3) is 2.90. The Morgan fingerprint density at radius 1 is 1.39 bits per heavy atom. The fourth-order valence-electron chi connectivity index (χ4n) is 2.42. The van der Waals surface area contributed by atoms with Crippen molar-refractivity contribution in [3.05, 3.63) is 11.8 Å². The summed E-state index contributed by atoms with van der Waals surface area (Å²) in [6.45, 7) is 10.4. The molecule has 5 nitrogen and oxygen atoms in total. The van der Waals surface area contributed by atoms with Crippen molar-refractivity contribution in [3.63, 3.8) is 0 Å². The average Bonchev–Trinajstić information content (AvgIpc) is 2.28. The van der Waals surface area contributed by atoms with Crippen LogP contribution in [0.2, 0.25) is 0 Å². The van der Waals surface area contributed by atoms with Crippen LogP contribution in [-0.4, -0.2) is 54.1 Å². The van der Waals surface area contributed by atoms with Crippen molar-refractivity contribution in [2.75, 3.05) is 43.4 Å².